The molecule has 0 saturated heterocycles. The van der Waals surface area contributed by atoms with Gasteiger partial charge in [0.25, 0.3) is 0 Å². The van der Waals surface area contributed by atoms with Gasteiger partial charge in [-0.2, -0.15) is 0 Å². The molecule has 0 spiro atoms. The van der Waals surface area contributed by atoms with Crippen LogP contribution in [0.5, 0.6) is 0 Å². The highest BCUT2D eigenvalue weighted by molar-refractivity contribution is 5.43. The summed E-state index contributed by atoms with van der Waals surface area (Å²) in [5.41, 5.74) is 7.25. The SMILES string of the molecule is N[C@@H]1CCCC[C@@H]1Nc1ccccc1. The van der Waals surface area contributed by atoms with Crippen LogP contribution in [0.2, 0.25) is 0 Å². The third-order valence-corrected chi connectivity index (χ3v) is 2.95. The summed E-state index contributed by atoms with van der Waals surface area (Å²) in [6, 6.07) is 11.1. The molecule has 0 unspecified atom stereocenters. The van der Waals surface area contributed by atoms with Gasteiger partial charge in [0.05, 0.1) is 0 Å². The van der Waals surface area contributed by atoms with Crippen LogP contribution >= 0.6 is 0 Å². The van der Waals surface area contributed by atoms with E-state index in [4.69, 9.17) is 5.73 Å². The average molecular weight is 190 g/mol. The fraction of sp³-hybridized carbons (Fsp3) is 0.500. The normalized spacial score (nSPS) is 27.2. The molecule has 2 atom stereocenters. The summed E-state index contributed by atoms with van der Waals surface area (Å²) in [7, 11) is 0. The number of rotatable bonds is 2. The number of hydrogen-bond acceptors (Lipinski definition) is 2. The molecule has 14 heavy (non-hydrogen) atoms. The lowest BCUT2D eigenvalue weighted by Gasteiger charge is -2.30. The first kappa shape index (κ1) is 9.53. The summed E-state index contributed by atoms with van der Waals surface area (Å²) in [5.74, 6) is 0. The van der Waals surface area contributed by atoms with Gasteiger partial charge in [0, 0.05) is 17.8 Å². The van der Waals surface area contributed by atoms with Gasteiger partial charge in [-0.05, 0) is 25.0 Å². The molecule has 2 nitrogen and oxygen atoms in total. The molecular weight excluding hydrogens is 172 g/mol. The number of benzene rings is 1. The van der Waals surface area contributed by atoms with Gasteiger partial charge in [-0.3, -0.25) is 0 Å². The Morgan fingerprint density at radius 3 is 2.50 bits per heavy atom. The molecule has 0 radical (unpaired) electrons. The Labute approximate surface area is 85.5 Å². The lowest BCUT2D eigenvalue weighted by Crippen LogP contribution is -2.42. The molecular formula is C12H18N2. The highest BCUT2D eigenvalue weighted by Gasteiger charge is 2.20. The fourth-order valence-corrected chi connectivity index (χ4v) is 2.09. The lowest BCUT2D eigenvalue weighted by molar-refractivity contribution is 0.404. The molecule has 0 aliphatic heterocycles. The molecule has 0 aromatic heterocycles. The van der Waals surface area contributed by atoms with Crippen LogP contribution in [0.4, 0.5) is 5.69 Å². The van der Waals surface area contributed by atoms with Gasteiger partial charge in [-0.25, -0.2) is 0 Å². The Morgan fingerprint density at radius 2 is 1.79 bits per heavy atom. The van der Waals surface area contributed by atoms with Crippen LogP contribution in [0.15, 0.2) is 30.3 Å². The molecule has 1 saturated carbocycles. The molecule has 1 fully saturated rings. The average Bonchev–Trinajstić information content (AvgIpc) is 2.23. The van der Waals surface area contributed by atoms with Crippen LogP contribution in [-0.4, -0.2) is 12.1 Å². The Kier molecular flexibility index (Phi) is 3.04. The smallest absolute Gasteiger partial charge is 0.0412 e. The van der Waals surface area contributed by atoms with E-state index >= 15 is 0 Å². The number of anilines is 1. The van der Waals surface area contributed by atoms with Crippen molar-refractivity contribution in [1.29, 1.82) is 0 Å². The van der Waals surface area contributed by atoms with Crippen molar-refractivity contribution in [1.82, 2.24) is 0 Å². The van der Waals surface area contributed by atoms with E-state index in [1.54, 1.807) is 0 Å². The van der Waals surface area contributed by atoms with Gasteiger partial charge in [0.15, 0.2) is 0 Å². The standard InChI is InChI=1S/C12H18N2/c13-11-8-4-5-9-12(11)14-10-6-2-1-3-7-10/h1-3,6-7,11-12,14H,4-5,8-9,13H2/t11-,12+/m1/s1. The van der Waals surface area contributed by atoms with Gasteiger partial charge in [-0.15, -0.1) is 0 Å². The van der Waals surface area contributed by atoms with E-state index in [9.17, 15) is 0 Å². The molecule has 1 aliphatic rings. The molecule has 0 bridgehead atoms. The van der Waals surface area contributed by atoms with E-state index in [2.05, 4.69) is 29.6 Å². The highest BCUT2D eigenvalue weighted by atomic mass is 15.0. The van der Waals surface area contributed by atoms with Crippen molar-refractivity contribution in [2.24, 2.45) is 5.73 Å². The van der Waals surface area contributed by atoms with Crippen LogP contribution in [0, 0.1) is 0 Å². The second-order valence-electron chi connectivity index (χ2n) is 4.07. The van der Waals surface area contributed by atoms with Crippen LogP contribution in [0.25, 0.3) is 0 Å². The molecule has 76 valence electrons. The monoisotopic (exact) mass is 190 g/mol. The second-order valence-corrected chi connectivity index (χ2v) is 4.07. The van der Waals surface area contributed by atoms with Crippen molar-refractivity contribution in [3.05, 3.63) is 30.3 Å². The Bertz CT molecular complexity index is 271. The zero-order valence-electron chi connectivity index (χ0n) is 8.45. The number of nitrogens with two attached hydrogens (primary N) is 1. The number of para-hydroxylation sites is 1. The molecule has 2 heteroatoms. The van der Waals surface area contributed by atoms with Crippen LogP contribution in [-0.2, 0) is 0 Å². The first-order valence-corrected chi connectivity index (χ1v) is 5.43. The minimum absolute atomic E-state index is 0.323. The molecule has 0 amide bonds. The van der Waals surface area contributed by atoms with E-state index in [0.717, 1.165) is 6.42 Å². The van der Waals surface area contributed by atoms with Gasteiger partial charge in [0.2, 0.25) is 0 Å². The second kappa shape index (κ2) is 4.47. The van der Waals surface area contributed by atoms with Crippen molar-refractivity contribution < 1.29 is 0 Å². The van der Waals surface area contributed by atoms with Crippen molar-refractivity contribution >= 4 is 5.69 Å². The number of hydrogen-bond donors (Lipinski definition) is 2. The van der Waals surface area contributed by atoms with Gasteiger partial charge in [-0.1, -0.05) is 31.0 Å². The minimum atomic E-state index is 0.323. The first-order chi connectivity index (χ1) is 6.86. The number of nitrogens with one attached hydrogen (secondary N) is 1. The largest absolute Gasteiger partial charge is 0.381 e. The maximum atomic E-state index is 6.06. The highest BCUT2D eigenvalue weighted by Crippen LogP contribution is 2.20. The van der Waals surface area contributed by atoms with Crippen LogP contribution < -0.4 is 11.1 Å². The molecule has 1 aromatic rings. The summed E-state index contributed by atoms with van der Waals surface area (Å²) >= 11 is 0. The van der Waals surface area contributed by atoms with E-state index in [0.29, 0.717) is 12.1 Å². The topological polar surface area (TPSA) is 38.0 Å². The third-order valence-electron chi connectivity index (χ3n) is 2.95. The van der Waals surface area contributed by atoms with Crippen molar-refractivity contribution in [3.8, 4) is 0 Å². The molecule has 2 rings (SSSR count). The van der Waals surface area contributed by atoms with Crippen molar-refractivity contribution in [2.45, 2.75) is 37.8 Å². The summed E-state index contributed by atoms with van der Waals surface area (Å²) in [4.78, 5) is 0. The minimum Gasteiger partial charge on any atom is -0.381 e. The molecule has 1 aromatic carbocycles. The fourth-order valence-electron chi connectivity index (χ4n) is 2.09. The van der Waals surface area contributed by atoms with Gasteiger partial charge in [0.1, 0.15) is 0 Å². The van der Waals surface area contributed by atoms with Crippen molar-refractivity contribution in [2.75, 3.05) is 5.32 Å². The first-order valence-electron chi connectivity index (χ1n) is 5.43. The third kappa shape index (κ3) is 2.26. The quantitative estimate of drug-likeness (QED) is 0.751. The zero-order valence-corrected chi connectivity index (χ0v) is 8.45. The summed E-state index contributed by atoms with van der Waals surface area (Å²) in [6.45, 7) is 0. The maximum Gasteiger partial charge on any atom is 0.0412 e. The van der Waals surface area contributed by atoms with Crippen LogP contribution in [0.3, 0.4) is 0 Å². The molecule has 0 heterocycles. The van der Waals surface area contributed by atoms with E-state index in [1.807, 2.05) is 6.07 Å². The zero-order chi connectivity index (χ0) is 9.80. The van der Waals surface area contributed by atoms with E-state index in [1.165, 1.54) is 24.9 Å². The Hall–Kier alpha value is -1.02. The molecule has 1 aliphatic carbocycles. The maximum absolute atomic E-state index is 6.06. The Balaban J connectivity index is 1.96. The summed E-state index contributed by atoms with van der Waals surface area (Å²) in [6.07, 6.45) is 4.95. The predicted molar refractivity (Wildman–Crippen MR) is 60.3 cm³/mol. The van der Waals surface area contributed by atoms with Gasteiger partial charge < -0.3 is 11.1 Å². The van der Waals surface area contributed by atoms with Crippen LogP contribution in [0.1, 0.15) is 25.7 Å². The van der Waals surface area contributed by atoms with Gasteiger partial charge >= 0.3 is 0 Å². The van der Waals surface area contributed by atoms with E-state index < -0.39 is 0 Å². The summed E-state index contributed by atoms with van der Waals surface area (Å²) in [5, 5.41) is 3.51. The Morgan fingerprint density at radius 1 is 1.07 bits per heavy atom. The summed E-state index contributed by atoms with van der Waals surface area (Å²) < 4.78 is 0. The van der Waals surface area contributed by atoms with E-state index in [-0.39, 0.29) is 0 Å². The predicted octanol–water partition coefficient (Wildman–Crippen LogP) is 2.37. The molecule has 3 N–H and O–H groups in total. The lowest BCUT2D eigenvalue weighted by atomic mass is 9.91. The van der Waals surface area contributed by atoms with Crippen molar-refractivity contribution in [3.63, 3.8) is 0 Å².